The molecule has 31 heavy (non-hydrogen) atoms. The molecule has 2 aromatic rings. The Hall–Kier alpha value is -2.32. The highest BCUT2D eigenvalue weighted by Gasteiger charge is 2.27. The monoisotopic (exact) mass is 466 g/mol. The fourth-order valence-corrected chi connectivity index (χ4v) is 4.96. The summed E-state index contributed by atoms with van der Waals surface area (Å²) < 4.78 is 28.0. The average Bonchev–Trinajstić information content (AvgIpc) is 3.04. The van der Waals surface area contributed by atoms with E-state index in [0.717, 1.165) is 0 Å². The largest absolute Gasteiger partial charge is 0.333 e. The second-order valence-electron chi connectivity index (χ2n) is 8.73. The van der Waals surface area contributed by atoms with Crippen LogP contribution in [0.25, 0.3) is 0 Å². The molecule has 1 aromatic heterocycles. The number of amides is 2. The highest BCUT2D eigenvalue weighted by Crippen LogP contribution is 2.23. The molecule has 1 N–H and O–H groups in total. The zero-order valence-electron chi connectivity index (χ0n) is 18.7. The lowest BCUT2D eigenvalue weighted by Crippen LogP contribution is -2.48. The van der Waals surface area contributed by atoms with Crippen LogP contribution in [0, 0.1) is 0 Å². The summed E-state index contributed by atoms with van der Waals surface area (Å²) in [5.41, 5.74) is 0.816. The van der Waals surface area contributed by atoms with Crippen LogP contribution in [0.5, 0.6) is 0 Å². The number of urea groups is 1. The standard InChI is InChI=1S/C22H31ClN4O3S/c1-7-11-26(20(28)25-22(4,5)6)14-19-13-24-21(27(19)16(2)3)31(29,30)15-17-9-8-10-18(23)12-17/h7-10,12-13,16H,1,11,14-15H2,2-6H3,(H,25,28). The number of carbonyl (C=O) groups excluding carboxylic acids is 1. The Morgan fingerprint density at radius 2 is 2.03 bits per heavy atom. The highest BCUT2D eigenvalue weighted by atomic mass is 35.5. The predicted molar refractivity (Wildman–Crippen MR) is 124 cm³/mol. The Kier molecular flexibility index (Phi) is 7.94. The zero-order valence-corrected chi connectivity index (χ0v) is 20.3. The van der Waals surface area contributed by atoms with Gasteiger partial charge >= 0.3 is 6.03 Å². The van der Waals surface area contributed by atoms with Gasteiger partial charge in [0.15, 0.2) is 0 Å². The Labute approximate surface area is 190 Å². The maximum absolute atomic E-state index is 13.1. The molecule has 7 nitrogen and oxygen atoms in total. The number of rotatable bonds is 8. The van der Waals surface area contributed by atoms with E-state index in [-0.39, 0.29) is 29.5 Å². The van der Waals surface area contributed by atoms with Gasteiger partial charge in [-0.05, 0) is 52.3 Å². The minimum absolute atomic E-state index is 0.0211. The van der Waals surface area contributed by atoms with Crippen LogP contribution >= 0.6 is 11.6 Å². The second kappa shape index (κ2) is 9.87. The van der Waals surface area contributed by atoms with Crippen molar-refractivity contribution in [3.05, 3.63) is 59.4 Å². The van der Waals surface area contributed by atoms with Crippen LogP contribution in [-0.4, -0.2) is 41.0 Å². The average molecular weight is 467 g/mol. The van der Waals surface area contributed by atoms with E-state index in [0.29, 0.717) is 22.8 Å². The molecule has 1 aromatic carbocycles. The third-order valence-corrected chi connectivity index (χ3v) is 6.16. The van der Waals surface area contributed by atoms with Gasteiger partial charge in [0.2, 0.25) is 15.0 Å². The smallest absolute Gasteiger partial charge is 0.318 e. The minimum atomic E-state index is -3.73. The summed E-state index contributed by atoms with van der Waals surface area (Å²) in [6, 6.07) is 6.34. The molecule has 2 amide bonds. The summed E-state index contributed by atoms with van der Waals surface area (Å²) in [6.07, 6.45) is 3.15. The molecule has 0 bridgehead atoms. The van der Waals surface area contributed by atoms with Gasteiger partial charge in [-0.1, -0.05) is 29.8 Å². The molecule has 0 aliphatic carbocycles. The van der Waals surface area contributed by atoms with E-state index in [2.05, 4.69) is 16.9 Å². The van der Waals surface area contributed by atoms with E-state index in [1.54, 1.807) is 39.8 Å². The van der Waals surface area contributed by atoms with Crippen LogP contribution in [0.2, 0.25) is 5.02 Å². The molecular weight excluding hydrogens is 436 g/mol. The molecule has 0 radical (unpaired) electrons. The van der Waals surface area contributed by atoms with Gasteiger partial charge in [0.1, 0.15) is 0 Å². The van der Waals surface area contributed by atoms with Gasteiger partial charge in [0.05, 0.1) is 24.2 Å². The normalized spacial score (nSPS) is 12.1. The molecule has 0 aliphatic heterocycles. The van der Waals surface area contributed by atoms with E-state index in [4.69, 9.17) is 11.6 Å². The van der Waals surface area contributed by atoms with Crippen molar-refractivity contribution in [2.75, 3.05) is 6.54 Å². The molecule has 1 heterocycles. The first kappa shape index (κ1) is 24.9. The van der Waals surface area contributed by atoms with Gasteiger partial charge in [-0.25, -0.2) is 18.2 Å². The number of sulfone groups is 1. The van der Waals surface area contributed by atoms with Crippen LogP contribution in [-0.2, 0) is 22.1 Å². The van der Waals surface area contributed by atoms with E-state index >= 15 is 0 Å². The van der Waals surface area contributed by atoms with Crippen molar-refractivity contribution in [2.45, 2.75) is 63.7 Å². The molecular formula is C22H31ClN4O3S. The number of hydrogen-bond acceptors (Lipinski definition) is 4. The molecule has 0 fully saturated rings. The van der Waals surface area contributed by atoms with Gasteiger partial charge in [-0.2, -0.15) is 0 Å². The molecule has 0 saturated heterocycles. The zero-order chi connectivity index (χ0) is 23.4. The fourth-order valence-electron chi connectivity index (χ4n) is 3.16. The number of carbonyl (C=O) groups is 1. The number of halogens is 1. The Balaban J connectivity index is 2.38. The van der Waals surface area contributed by atoms with Crippen molar-refractivity contribution in [1.82, 2.24) is 19.8 Å². The van der Waals surface area contributed by atoms with Crippen LogP contribution < -0.4 is 5.32 Å². The maximum Gasteiger partial charge on any atom is 0.318 e. The summed E-state index contributed by atoms with van der Waals surface area (Å²) in [4.78, 5) is 18.5. The van der Waals surface area contributed by atoms with Gasteiger partial charge in [0, 0.05) is 23.1 Å². The van der Waals surface area contributed by atoms with Crippen molar-refractivity contribution < 1.29 is 13.2 Å². The molecule has 0 unspecified atom stereocenters. The van der Waals surface area contributed by atoms with E-state index in [1.165, 1.54) is 6.20 Å². The van der Waals surface area contributed by atoms with E-state index < -0.39 is 15.4 Å². The highest BCUT2D eigenvalue weighted by molar-refractivity contribution is 7.90. The molecule has 170 valence electrons. The number of benzene rings is 1. The molecule has 0 aliphatic rings. The van der Waals surface area contributed by atoms with E-state index in [1.807, 2.05) is 34.6 Å². The van der Waals surface area contributed by atoms with Gasteiger partial charge in [-0.15, -0.1) is 6.58 Å². The van der Waals surface area contributed by atoms with Gasteiger partial charge in [0.25, 0.3) is 0 Å². The summed E-state index contributed by atoms with van der Waals surface area (Å²) >= 11 is 6.00. The summed E-state index contributed by atoms with van der Waals surface area (Å²) in [6.45, 7) is 13.7. The van der Waals surface area contributed by atoms with Crippen molar-refractivity contribution >= 4 is 27.5 Å². The lowest BCUT2D eigenvalue weighted by molar-refractivity contribution is 0.190. The quantitative estimate of drug-likeness (QED) is 0.576. The fraction of sp³-hybridized carbons (Fsp3) is 0.455. The van der Waals surface area contributed by atoms with Crippen molar-refractivity contribution in [3.8, 4) is 0 Å². The molecule has 0 atom stereocenters. The Morgan fingerprint density at radius 3 is 2.58 bits per heavy atom. The SMILES string of the molecule is C=CCN(Cc1cnc(S(=O)(=O)Cc2cccc(Cl)c2)n1C(C)C)C(=O)NC(C)(C)C. The summed E-state index contributed by atoms with van der Waals surface area (Å²) in [5.74, 6) is -0.211. The first-order chi connectivity index (χ1) is 14.3. The Bertz CT molecular complexity index is 1040. The number of aromatic nitrogens is 2. The van der Waals surface area contributed by atoms with Crippen LogP contribution in [0.1, 0.15) is 51.9 Å². The minimum Gasteiger partial charge on any atom is -0.333 e. The first-order valence-electron chi connectivity index (χ1n) is 10.1. The lowest BCUT2D eigenvalue weighted by atomic mass is 10.1. The molecule has 9 heteroatoms. The number of imidazole rings is 1. The van der Waals surface area contributed by atoms with E-state index in [9.17, 15) is 13.2 Å². The number of nitrogens with zero attached hydrogens (tertiary/aromatic N) is 3. The summed E-state index contributed by atoms with van der Waals surface area (Å²) in [7, 11) is -3.73. The van der Waals surface area contributed by atoms with Crippen molar-refractivity contribution in [1.29, 1.82) is 0 Å². The molecule has 2 rings (SSSR count). The third kappa shape index (κ3) is 6.83. The molecule has 0 spiro atoms. The van der Waals surface area contributed by atoms with Gasteiger partial charge in [-0.3, -0.25) is 0 Å². The first-order valence-corrected chi connectivity index (χ1v) is 12.1. The van der Waals surface area contributed by atoms with Crippen molar-refractivity contribution in [3.63, 3.8) is 0 Å². The predicted octanol–water partition coefficient (Wildman–Crippen LogP) is 4.59. The lowest BCUT2D eigenvalue weighted by Gasteiger charge is -2.28. The molecule has 0 saturated carbocycles. The van der Waals surface area contributed by atoms with Crippen molar-refractivity contribution in [2.24, 2.45) is 0 Å². The van der Waals surface area contributed by atoms with Crippen LogP contribution in [0.3, 0.4) is 0 Å². The number of hydrogen-bond donors (Lipinski definition) is 1. The second-order valence-corrected chi connectivity index (χ2v) is 11.1. The third-order valence-electron chi connectivity index (χ3n) is 4.35. The maximum atomic E-state index is 13.1. The van der Waals surface area contributed by atoms with Crippen LogP contribution in [0.4, 0.5) is 4.79 Å². The Morgan fingerprint density at radius 1 is 1.35 bits per heavy atom. The summed E-state index contributed by atoms with van der Waals surface area (Å²) in [5, 5.41) is 3.38. The van der Waals surface area contributed by atoms with Gasteiger partial charge < -0.3 is 14.8 Å². The van der Waals surface area contributed by atoms with Crippen LogP contribution in [0.15, 0.2) is 48.3 Å². The number of nitrogens with one attached hydrogen (secondary N) is 1. The topological polar surface area (TPSA) is 84.3 Å².